The number of imidazole rings is 1. The number of halogens is 1. The molecule has 2 saturated carbocycles. The number of hydrogen-bond acceptors (Lipinski definition) is 3. The number of ether oxygens (including phenoxy) is 1. The van der Waals surface area contributed by atoms with Crippen molar-refractivity contribution in [2.45, 2.75) is 89.8 Å². The number of rotatable bonds is 7. The summed E-state index contributed by atoms with van der Waals surface area (Å²) in [5.74, 6) is 1.35. The van der Waals surface area contributed by atoms with Crippen LogP contribution in [0.25, 0.3) is 11.0 Å². The molecule has 35 heavy (non-hydrogen) atoms. The summed E-state index contributed by atoms with van der Waals surface area (Å²) in [5.41, 5.74) is 2.48. The molecule has 0 spiro atoms. The van der Waals surface area contributed by atoms with E-state index in [1.807, 2.05) is 35.8 Å². The van der Waals surface area contributed by atoms with Gasteiger partial charge in [-0.2, -0.15) is 0 Å². The minimum Gasteiger partial charge on any atom is -0.486 e. The van der Waals surface area contributed by atoms with Crippen molar-refractivity contribution in [1.29, 1.82) is 0 Å². The zero-order chi connectivity index (χ0) is 24.2. The average molecular weight is 478 g/mol. The van der Waals surface area contributed by atoms with Crippen LogP contribution in [-0.4, -0.2) is 21.5 Å². The number of carbonyl (C=O) groups excluding carboxylic acids is 1. The first-order valence-corrected chi connectivity index (χ1v) is 13.2. The second kappa shape index (κ2) is 10.8. The topological polar surface area (TPSA) is 56.2 Å². The van der Waals surface area contributed by atoms with Gasteiger partial charge >= 0.3 is 0 Å². The van der Waals surface area contributed by atoms with Crippen LogP contribution in [0.4, 0.5) is 4.39 Å². The second-order valence-corrected chi connectivity index (χ2v) is 10.3. The zero-order valence-corrected chi connectivity index (χ0v) is 20.6. The summed E-state index contributed by atoms with van der Waals surface area (Å²) in [7, 11) is 0. The maximum absolute atomic E-state index is 14.4. The number of hydrogen-bond donors (Lipinski definition) is 1. The fraction of sp³-hybridized carbons (Fsp3) is 0.517. The largest absolute Gasteiger partial charge is 0.486 e. The van der Waals surface area contributed by atoms with Gasteiger partial charge in [0.15, 0.2) is 0 Å². The third kappa shape index (κ3) is 5.52. The van der Waals surface area contributed by atoms with E-state index in [9.17, 15) is 9.18 Å². The molecule has 2 aromatic carbocycles. The Balaban J connectivity index is 1.52. The summed E-state index contributed by atoms with van der Waals surface area (Å²) < 4.78 is 22.5. The van der Waals surface area contributed by atoms with Gasteiger partial charge in [0.1, 0.15) is 30.0 Å². The summed E-state index contributed by atoms with van der Waals surface area (Å²) in [6.45, 7) is 2.25. The van der Waals surface area contributed by atoms with Crippen molar-refractivity contribution in [1.82, 2.24) is 14.9 Å². The Morgan fingerprint density at radius 3 is 2.54 bits per heavy atom. The Bertz CT molecular complexity index is 1160. The van der Waals surface area contributed by atoms with Crippen LogP contribution in [0.2, 0.25) is 0 Å². The van der Waals surface area contributed by atoms with E-state index in [-0.39, 0.29) is 30.3 Å². The smallest absolute Gasteiger partial charge is 0.243 e. The minimum absolute atomic E-state index is 0.0455. The number of benzene rings is 2. The summed E-state index contributed by atoms with van der Waals surface area (Å²) in [6, 6.07) is 12.4. The molecule has 1 heterocycles. The Morgan fingerprint density at radius 2 is 1.80 bits per heavy atom. The van der Waals surface area contributed by atoms with E-state index < -0.39 is 6.04 Å². The predicted octanol–water partition coefficient (Wildman–Crippen LogP) is 6.63. The summed E-state index contributed by atoms with van der Waals surface area (Å²) in [4.78, 5) is 18.7. The first-order chi connectivity index (χ1) is 17.1. The normalized spacial score (nSPS) is 18.5. The molecule has 2 aliphatic carbocycles. The molecule has 186 valence electrons. The van der Waals surface area contributed by atoms with Crippen molar-refractivity contribution in [3.63, 3.8) is 0 Å². The van der Waals surface area contributed by atoms with Crippen LogP contribution in [0.5, 0.6) is 5.75 Å². The molecule has 1 atom stereocenters. The Labute approximate surface area is 207 Å². The predicted molar refractivity (Wildman–Crippen MR) is 136 cm³/mol. The molecule has 5 rings (SSSR count). The van der Waals surface area contributed by atoms with Crippen molar-refractivity contribution < 1.29 is 13.9 Å². The van der Waals surface area contributed by atoms with E-state index in [2.05, 4.69) is 5.32 Å². The lowest BCUT2D eigenvalue weighted by molar-refractivity contribution is -0.127. The lowest BCUT2D eigenvalue weighted by Gasteiger charge is -2.33. The van der Waals surface area contributed by atoms with Crippen molar-refractivity contribution >= 4 is 16.9 Å². The number of aryl methyl sites for hydroxylation is 1. The second-order valence-electron chi connectivity index (χ2n) is 10.3. The molecule has 0 saturated heterocycles. The highest BCUT2D eigenvalue weighted by Crippen LogP contribution is 2.37. The maximum atomic E-state index is 14.4. The fourth-order valence-corrected chi connectivity index (χ4v) is 5.91. The van der Waals surface area contributed by atoms with Gasteiger partial charge in [-0.05, 0) is 74.4 Å². The van der Waals surface area contributed by atoms with Crippen molar-refractivity contribution in [3.8, 4) is 5.75 Å². The van der Waals surface area contributed by atoms with Gasteiger partial charge in [-0.15, -0.1) is 0 Å². The van der Waals surface area contributed by atoms with Crippen LogP contribution >= 0.6 is 0 Å². The molecule has 3 aromatic rings. The van der Waals surface area contributed by atoms with E-state index in [0.717, 1.165) is 62.7 Å². The molecule has 5 nitrogen and oxygen atoms in total. The third-order valence-electron chi connectivity index (χ3n) is 7.68. The number of nitrogens with one attached hydrogen (secondary N) is 1. The third-order valence-corrected chi connectivity index (χ3v) is 7.68. The fourth-order valence-electron chi connectivity index (χ4n) is 5.91. The minimum atomic E-state index is -0.417. The molecule has 0 bridgehead atoms. The van der Waals surface area contributed by atoms with Crippen molar-refractivity contribution in [3.05, 3.63) is 59.7 Å². The SMILES string of the molecule is Cc1cccc(OCc2nc3ccc(F)cc3n2C(C(=O)NC2CCCCC2)C2CCCCC2)c1. The van der Waals surface area contributed by atoms with E-state index in [1.165, 1.54) is 25.0 Å². The number of nitrogens with zero attached hydrogens (tertiary/aromatic N) is 2. The molecule has 1 aromatic heterocycles. The van der Waals surface area contributed by atoms with Crippen LogP contribution in [0.15, 0.2) is 42.5 Å². The van der Waals surface area contributed by atoms with Gasteiger partial charge in [0.2, 0.25) is 5.91 Å². The summed E-state index contributed by atoms with van der Waals surface area (Å²) in [6.07, 6.45) is 11.1. The van der Waals surface area contributed by atoms with Crippen molar-refractivity contribution in [2.75, 3.05) is 0 Å². The van der Waals surface area contributed by atoms with Gasteiger partial charge in [0.25, 0.3) is 0 Å². The van der Waals surface area contributed by atoms with Gasteiger partial charge in [-0.25, -0.2) is 9.37 Å². The number of carbonyl (C=O) groups is 1. The highest BCUT2D eigenvalue weighted by atomic mass is 19.1. The van der Waals surface area contributed by atoms with E-state index in [0.29, 0.717) is 16.9 Å². The van der Waals surface area contributed by atoms with Gasteiger partial charge in [-0.1, -0.05) is 50.7 Å². The van der Waals surface area contributed by atoms with Crippen LogP contribution in [-0.2, 0) is 11.4 Å². The maximum Gasteiger partial charge on any atom is 0.243 e. The van der Waals surface area contributed by atoms with Gasteiger partial charge < -0.3 is 14.6 Å². The first-order valence-electron chi connectivity index (χ1n) is 13.2. The average Bonchev–Trinajstić information content (AvgIpc) is 3.21. The number of amides is 1. The van der Waals surface area contributed by atoms with Crippen LogP contribution in [0, 0.1) is 18.7 Å². The molecular weight excluding hydrogens is 441 g/mol. The van der Waals surface area contributed by atoms with Crippen LogP contribution in [0.1, 0.15) is 81.6 Å². The highest BCUT2D eigenvalue weighted by Gasteiger charge is 2.35. The molecular formula is C29H36FN3O2. The van der Waals surface area contributed by atoms with Crippen LogP contribution in [0.3, 0.4) is 0 Å². The van der Waals surface area contributed by atoms with E-state index in [1.54, 1.807) is 6.07 Å². The van der Waals surface area contributed by atoms with Gasteiger partial charge in [0, 0.05) is 6.04 Å². The monoisotopic (exact) mass is 477 g/mol. The molecule has 1 amide bonds. The molecule has 0 radical (unpaired) electrons. The molecule has 1 unspecified atom stereocenters. The van der Waals surface area contributed by atoms with Gasteiger partial charge in [0.05, 0.1) is 11.0 Å². The summed E-state index contributed by atoms with van der Waals surface area (Å²) in [5, 5.41) is 3.37. The zero-order valence-electron chi connectivity index (χ0n) is 20.6. The molecule has 1 N–H and O–H groups in total. The molecule has 2 aliphatic rings. The quantitative estimate of drug-likeness (QED) is 0.415. The standard InChI is InChI=1S/C29H36FN3O2/c1-20-9-8-14-24(17-20)35-19-27-32-25-16-15-22(30)18-26(25)33(27)28(21-10-4-2-5-11-21)29(34)31-23-12-6-3-7-13-23/h8-9,14-18,21,23,28H,2-7,10-13,19H2,1H3,(H,31,34). The molecule has 0 aliphatic heterocycles. The Morgan fingerprint density at radius 1 is 1.06 bits per heavy atom. The first kappa shape index (κ1) is 23.8. The van der Waals surface area contributed by atoms with Gasteiger partial charge in [-0.3, -0.25) is 4.79 Å². The van der Waals surface area contributed by atoms with Crippen molar-refractivity contribution in [2.24, 2.45) is 5.92 Å². The lowest BCUT2D eigenvalue weighted by Crippen LogP contribution is -2.44. The Kier molecular flexibility index (Phi) is 7.35. The highest BCUT2D eigenvalue weighted by molar-refractivity contribution is 5.85. The lowest BCUT2D eigenvalue weighted by atomic mass is 9.83. The summed E-state index contributed by atoms with van der Waals surface area (Å²) >= 11 is 0. The number of fused-ring (bicyclic) bond motifs is 1. The Hall–Kier alpha value is -2.89. The van der Waals surface area contributed by atoms with E-state index in [4.69, 9.17) is 9.72 Å². The molecule has 6 heteroatoms. The molecule has 2 fully saturated rings. The number of aromatic nitrogens is 2. The van der Waals surface area contributed by atoms with E-state index >= 15 is 0 Å². The van der Waals surface area contributed by atoms with Crippen LogP contribution < -0.4 is 10.1 Å².